The van der Waals surface area contributed by atoms with Crippen molar-refractivity contribution >= 4 is 44.3 Å². The second-order valence-electron chi connectivity index (χ2n) is 8.68. The number of esters is 1. The number of carbonyl (C=O) groups is 2. The lowest BCUT2D eigenvalue weighted by atomic mass is 9.49. The van der Waals surface area contributed by atoms with Crippen LogP contribution < -0.4 is 5.32 Å². The number of aromatic amines is 1. The van der Waals surface area contributed by atoms with Crippen molar-refractivity contribution in [3.05, 3.63) is 23.3 Å². The van der Waals surface area contributed by atoms with Crippen molar-refractivity contribution in [3.8, 4) is 11.3 Å². The van der Waals surface area contributed by atoms with Gasteiger partial charge in [0.25, 0.3) is 0 Å². The van der Waals surface area contributed by atoms with Crippen LogP contribution in [-0.2, 0) is 9.53 Å². The molecule has 6 nitrogen and oxygen atoms in total. The summed E-state index contributed by atoms with van der Waals surface area (Å²) in [4.78, 5) is 32.3. The summed E-state index contributed by atoms with van der Waals surface area (Å²) in [5.74, 6) is 1.03. The Morgan fingerprint density at radius 3 is 2.75 bits per heavy atom. The third-order valence-corrected chi connectivity index (χ3v) is 8.27. The number of nitrogens with one attached hydrogen (secondary N) is 2. The molecule has 2 aromatic heterocycles. The number of carbonyl (C=O) groups excluding carboxylic acids is 2. The van der Waals surface area contributed by atoms with Gasteiger partial charge in [-0.2, -0.15) is 0 Å². The second kappa shape index (κ2) is 6.42. The summed E-state index contributed by atoms with van der Waals surface area (Å²) in [5, 5.41) is 5.60. The molecule has 4 aliphatic carbocycles. The Morgan fingerprint density at radius 2 is 2.07 bits per heavy atom. The Hall–Kier alpha value is -1.67. The molecule has 148 valence electrons. The molecule has 2 atom stereocenters. The van der Waals surface area contributed by atoms with Crippen LogP contribution in [0.5, 0.6) is 0 Å². The fraction of sp³-hybridized carbons (Fsp3) is 0.550. The predicted octanol–water partition coefficient (Wildman–Crippen LogP) is 4.60. The number of anilines is 1. The van der Waals surface area contributed by atoms with Crippen molar-refractivity contribution < 1.29 is 14.3 Å². The van der Waals surface area contributed by atoms with Gasteiger partial charge in [-0.05, 0) is 56.4 Å². The van der Waals surface area contributed by atoms with Crippen molar-refractivity contribution in [1.82, 2.24) is 9.97 Å². The highest BCUT2D eigenvalue weighted by molar-refractivity contribution is 9.10. The number of hydrogen-bond donors (Lipinski definition) is 2. The van der Waals surface area contributed by atoms with E-state index in [-0.39, 0.29) is 15.6 Å². The summed E-state index contributed by atoms with van der Waals surface area (Å²) >= 11 is 5.38. The lowest BCUT2D eigenvalue weighted by Crippen LogP contribution is -2.57. The van der Waals surface area contributed by atoms with Crippen molar-refractivity contribution in [2.24, 2.45) is 17.3 Å². The average Bonchev–Trinajstić information content (AvgIpc) is 3.28. The van der Waals surface area contributed by atoms with Gasteiger partial charge >= 0.3 is 5.97 Å². The van der Waals surface area contributed by atoms with Crippen molar-refractivity contribution in [2.75, 3.05) is 12.4 Å². The summed E-state index contributed by atoms with van der Waals surface area (Å²) in [6.45, 7) is 0. The van der Waals surface area contributed by atoms with Gasteiger partial charge in [-0.15, -0.1) is 11.3 Å². The van der Waals surface area contributed by atoms with E-state index in [2.05, 4.69) is 31.2 Å². The number of methoxy groups -OCH3 is 1. The Morgan fingerprint density at radius 1 is 1.32 bits per heavy atom. The number of H-pyrrole nitrogens is 1. The van der Waals surface area contributed by atoms with Crippen LogP contribution >= 0.6 is 27.3 Å². The minimum Gasteiger partial charge on any atom is -0.464 e. The van der Waals surface area contributed by atoms with Gasteiger partial charge in [-0.1, -0.05) is 15.9 Å². The van der Waals surface area contributed by atoms with Crippen LogP contribution in [-0.4, -0.2) is 33.3 Å². The van der Waals surface area contributed by atoms with Crippen LogP contribution in [0.3, 0.4) is 0 Å². The molecule has 6 rings (SSSR count). The standard InChI is InChI=1S/C20H22BrN3O3S/c1-27-16(25)14-3-13(8-22-14)15-9-28-18(23-15)24-17(26)19-4-11-2-12(5-19)7-20(21,6-11)10-19/h3,8-9,11-12,22H,2,4-7,10H2,1H3,(H,23,24,26). The molecule has 0 aromatic carbocycles. The molecule has 4 saturated carbocycles. The first-order valence-corrected chi connectivity index (χ1v) is 11.3. The van der Waals surface area contributed by atoms with Crippen LogP contribution in [0, 0.1) is 17.3 Å². The molecular weight excluding hydrogens is 442 g/mol. The number of alkyl halides is 1. The predicted molar refractivity (Wildman–Crippen MR) is 111 cm³/mol. The maximum atomic E-state index is 13.3. The van der Waals surface area contributed by atoms with E-state index in [1.165, 1.54) is 37.7 Å². The summed E-state index contributed by atoms with van der Waals surface area (Å²) < 4.78 is 4.87. The molecule has 2 aromatic rings. The van der Waals surface area contributed by atoms with Gasteiger partial charge in [0.15, 0.2) is 5.13 Å². The maximum Gasteiger partial charge on any atom is 0.354 e. The van der Waals surface area contributed by atoms with Gasteiger partial charge in [-0.25, -0.2) is 9.78 Å². The number of aromatic nitrogens is 2. The highest BCUT2D eigenvalue weighted by Crippen LogP contribution is 2.64. The fourth-order valence-corrected chi connectivity index (χ4v) is 8.05. The molecule has 0 saturated heterocycles. The molecular formula is C20H22BrN3O3S. The minimum atomic E-state index is -0.416. The van der Waals surface area contributed by atoms with E-state index < -0.39 is 5.97 Å². The zero-order chi connectivity index (χ0) is 19.5. The van der Waals surface area contributed by atoms with E-state index in [9.17, 15) is 9.59 Å². The van der Waals surface area contributed by atoms with Crippen molar-refractivity contribution in [1.29, 1.82) is 0 Å². The molecule has 28 heavy (non-hydrogen) atoms. The number of hydrogen-bond acceptors (Lipinski definition) is 5. The van der Waals surface area contributed by atoms with Gasteiger partial charge in [-0.3, -0.25) is 4.79 Å². The smallest absolute Gasteiger partial charge is 0.354 e. The molecule has 2 N–H and O–H groups in total. The normalized spacial score (nSPS) is 33.1. The first kappa shape index (κ1) is 18.4. The van der Waals surface area contributed by atoms with Gasteiger partial charge in [0, 0.05) is 21.5 Å². The van der Waals surface area contributed by atoms with Gasteiger partial charge < -0.3 is 15.0 Å². The third-order valence-electron chi connectivity index (χ3n) is 6.58. The van der Waals surface area contributed by atoms with E-state index in [1.807, 2.05) is 5.38 Å². The zero-order valence-corrected chi connectivity index (χ0v) is 18.0. The van der Waals surface area contributed by atoms with Crippen LogP contribution in [0.15, 0.2) is 17.6 Å². The van der Waals surface area contributed by atoms with Crippen LogP contribution in [0.4, 0.5) is 5.13 Å². The second-order valence-corrected chi connectivity index (χ2v) is 11.2. The van der Waals surface area contributed by atoms with Gasteiger partial charge in [0.1, 0.15) is 5.69 Å². The third kappa shape index (κ3) is 3.01. The minimum absolute atomic E-state index is 0.121. The molecule has 0 aliphatic heterocycles. The summed E-state index contributed by atoms with van der Waals surface area (Å²) in [5.41, 5.74) is 1.65. The monoisotopic (exact) mass is 463 g/mol. The summed E-state index contributed by atoms with van der Waals surface area (Å²) in [6.07, 6.45) is 8.34. The van der Waals surface area contributed by atoms with Crippen LogP contribution in [0.2, 0.25) is 0 Å². The number of rotatable bonds is 4. The molecule has 2 unspecified atom stereocenters. The molecule has 8 heteroatoms. The topological polar surface area (TPSA) is 84.1 Å². The molecule has 1 amide bonds. The number of amides is 1. The average molecular weight is 464 g/mol. The summed E-state index contributed by atoms with van der Waals surface area (Å²) in [6, 6.07) is 1.71. The van der Waals surface area contributed by atoms with Crippen molar-refractivity contribution in [2.45, 2.75) is 42.8 Å². The first-order chi connectivity index (χ1) is 13.4. The number of nitrogens with zero attached hydrogens (tertiary/aromatic N) is 1. The Labute approximate surface area is 175 Å². The lowest BCUT2D eigenvalue weighted by Gasteiger charge is -2.59. The Bertz CT molecular complexity index is 938. The molecule has 0 radical (unpaired) electrons. The van der Waals surface area contributed by atoms with E-state index in [4.69, 9.17) is 4.74 Å². The van der Waals surface area contributed by atoms with E-state index in [1.54, 1.807) is 12.3 Å². The SMILES string of the molecule is COC(=O)c1cc(-c2csc(NC(=O)C34CC5CC(CC(Br)(C5)C3)C4)n2)c[nH]1. The Kier molecular flexibility index (Phi) is 4.21. The molecule has 2 heterocycles. The highest BCUT2D eigenvalue weighted by atomic mass is 79.9. The molecule has 4 bridgehead atoms. The van der Waals surface area contributed by atoms with E-state index in [0.717, 1.165) is 30.5 Å². The molecule has 4 fully saturated rings. The van der Waals surface area contributed by atoms with Gasteiger partial charge in [0.2, 0.25) is 5.91 Å². The first-order valence-electron chi connectivity index (χ1n) is 9.61. The lowest BCUT2D eigenvalue weighted by molar-refractivity contribution is -0.138. The van der Waals surface area contributed by atoms with Crippen LogP contribution in [0.1, 0.15) is 49.0 Å². The van der Waals surface area contributed by atoms with Crippen LogP contribution in [0.25, 0.3) is 11.3 Å². The van der Waals surface area contributed by atoms with Crippen molar-refractivity contribution in [3.63, 3.8) is 0 Å². The zero-order valence-electron chi connectivity index (χ0n) is 15.6. The number of ether oxygens (including phenoxy) is 1. The molecule has 4 aliphatic rings. The fourth-order valence-electron chi connectivity index (χ4n) is 5.88. The van der Waals surface area contributed by atoms with Gasteiger partial charge in [0.05, 0.1) is 18.2 Å². The van der Waals surface area contributed by atoms with E-state index in [0.29, 0.717) is 22.7 Å². The Balaban J connectivity index is 1.33. The summed E-state index contributed by atoms with van der Waals surface area (Å²) in [7, 11) is 1.35. The highest BCUT2D eigenvalue weighted by Gasteiger charge is 2.59. The quantitative estimate of drug-likeness (QED) is 0.512. The number of thiazole rings is 1. The maximum absolute atomic E-state index is 13.3. The molecule has 0 spiro atoms. The van der Waals surface area contributed by atoms with E-state index >= 15 is 0 Å². The largest absolute Gasteiger partial charge is 0.464 e. The number of halogens is 1.